The van der Waals surface area contributed by atoms with Crippen LogP contribution in [0.3, 0.4) is 0 Å². The molecule has 8 heteroatoms. The summed E-state index contributed by atoms with van der Waals surface area (Å²) >= 11 is 0. The van der Waals surface area contributed by atoms with Crippen LogP contribution in [-0.2, 0) is 7.05 Å². The maximum atomic E-state index is 11.9. The van der Waals surface area contributed by atoms with Gasteiger partial charge in [-0.05, 0) is 26.8 Å². The zero-order valence-electron chi connectivity index (χ0n) is 12.7. The lowest BCUT2D eigenvalue weighted by atomic mass is 10.2. The van der Waals surface area contributed by atoms with Crippen molar-refractivity contribution in [2.75, 3.05) is 0 Å². The quantitative estimate of drug-likeness (QED) is 0.645. The van der Waals surface area contributed by atoms with Crippen LogP contribution in [0.4, 0.5) is 0 Å². The first-order valence-electron chi connectivity index (χ1n) is 6.49. The average Bonchev–Trinajstić information content (AvgIpc) is 2.75. The zero-order chi connectivity index (χ0) is 16.4. The van der Waals surface area contributed by atoms with E-state index in [9.17, 15) is 14.7 Å². The van der Waals surface area contributed by atoms with Crippen molar-refractivity contribution in [1.82, 2.24) is 15.2 Å². The third-order valence-electron chi connectivity index (χ3n) is 3.09. The van der Waals surface area contributed by atoms with E-state index in [4.69, 9.17) is 4.42 Å². The molecule has 0 aliphatic rings. The minimum atomic E-state index is -0.721. The van der Waals surface area contributed by atoms with Gasteiger partial charge in [0, 0.05) is 18.8 Å². The minimum Gasteiger partial charge on any atom is -0.507 e. The Balaban J connectivity index is 2.23. The smallest absolute Gasteiger partial charge is 0.348 e. The number of amides is 1. The van der Waals surface area contributed by atoms with Gasteiger partial charge in [0.1, 0.15) is 17.1 Å². The van der Waals surface area contributed by atoms with E-state index >= 15 is 0 Å². The first-order chi connectivity index (χ1) is 10.3. The van der Waals surface area contributed by atoms with Crippen LogP contribution < -0.4 is 11.1 Å². The molecule has 0 aliphatic heterocycles. The number of hydrogen-bond donors (Lipinski definition) is 2. The van der Waals surface area contributed by atoms with E-state index in [0.717, 1.165) is 5.69 Å². The molecule has 1 amide bonds. The Bertz CT molecular complexity index is 797. The monoisotopic (exact) mass is 304 g/mol. The second-order valence-electron chi connectivity index (χ2n) is 4.84. The molecule has 2 aromatic rings. The molecule has 0 saturated carbocycles. The molecule has 2 aromatic heterocycles. The second-order valence-corrected chi connectivity index (χ2v) is 4.84. The lowest BCUT2D eigenvalue weighted by Crippen LogP contribution is -2.22. The van der Waals surface area contributed by atoms with Crippen LogP contribution in [0.15, 0.2) is 26.4 Å². The predicted octanol–water partition coefficient (Wildman–Crippen LogP) is 0.850. The fourth-order valence-corrected chi connectivity index (χ4v) is 1.85. The van der Waals surface area contributed by atoms with Gasteiger partial charge >= 0.3 is 5.63 Å². The van der Waals surface area contributed by atoms with E-state index in [0.29, 0.717) is 0 Å². The van der Waals surface area contributed by atoms with Gasteiger partial charge in [0.15, 0.2) is 5.69 Å². The Morgan fingerprint density at radius 2 is 2.09 bits per heavy atom. The van der Waals surface area contributed by atoms with E-state index in [1.54, 1.807) is 24.7 Å². The van der Waals surface area contributed by atoms with Crippen LogP contribution in [0.25, 0.3) is 0 Å². The highest BCUT2D eigenvalue weighted by Crippen LogP contribution is 2.15. The lowest BCUT2D eigenvalue weighted by Gasteiger charge is -2.03. The van der Waals surface area contributed by atoms with E-state index in [-0.39, 0.29) is 28.5 Å². The summed E-state index contributed by atoms with van der Waals surface area (Å²) in [6.45, 7) is 4.83. The number of carbonyl (C=O) groups excluding carboxylic acids is 1. The third-order valence-corrected chi connectivity index (χ3v) is 3.09. The van der Waals surface area contributed by atoms with Crippen molar-refractivity contribution in [3.05, 3.63) is 45.3 Å². The molecule has 0 radical (unpaired) electrons. The highest BCUT2D eigenvalue weighted by Gasteiger charge is 2.14. The fraction of sp³-hybridized carbons (Fsp3) is 0.286. The van der Waals surface area contributed by atoms with Gasteiger partial charge in [-0.1, -0.05) is 0 Å². The van der Waals surface area contributed by atoms with Crippen molar-refractivity contribution in [1.29, 1.82) is 0 Å². The first kappa shape index (κ1) is 15.5. The van der Waals surface area contributed by atoms with Gasteiger partial charge in [-0.2, -0.15) is 10.2 Å². The molecule has 0 spiro atoms. The number of carbonyl (C=O) groups is 1. The number of rotatable bonds is 3. The van der Waals surface area contributed by atoms with E-state index in [1.165, 1.54) is 13.0 Å². The Hall–Kier alpha value is -2.90. The molecular weight excluding hydrogens is 288 g/mol. The molecule has 2 N–H and O–H groups in total. The second kappa shape index (κ2) is 5.84. The van der Waals surface area contributed by atoms with Gasteiger partial charge in [-0.15, -0.1) is 0 Å². The van der Waals surface area contributed by atoms with Crippen molar-refractivity contribution < 1.29 is 14.3 Å². The summed E-state index contributed by atoms with van der Waals surface area (Å²) in [4.78, 5) is 23.6. The molecule has 22 heavy (non-hydrogen) atoms. The predicted molar refractivity (Wildman–Crippen MR) is 79.0 cm³/mol. The van der Waals surface area contributed by atoms with E-state index < -0.39 is 11.5 Å². The van der Waals surface area contributed by atoms with E-state index in [2.05, 4.69) is 15.6 Å². The van der Waals surface area contributed by atoms with Crippen LogP contribution in [0.5, 0.6) is 5.75 Å². The van der Waals surface area contributed by atoms with Crippen molar-refractivity contribution in [2.24, 2.45) is 12.1 Å². The number of aromatic nitrogens is 2. The van der Waals surface area contributed by atoms with Gasteiger partial charge in [0.2, 0.25) is 0 Å². The van der Waals surface area contributed by atoms with Crippen molar-refractivity contribution >= 4 is 11.6 Å². The van der Waals surface area contributed by atoms with E-state index in [1.807, 2.05) is 6.92 Å². The molecule has 0 atom stereocenters. The van der Waals surface area contributed by atoms with Gasteiger partial charge in [-0.25, -0.2) is 10.2 Å². The van der Waals surface area contributed by atoms with Crippen LogP contribution in [0, 0.1) is 13.8 Å². The van der Waals surface area contributed by atoms with Crippen LogP contribution >= 0.6 is 0 Å². The number of nitrogens with zero attached hydrogens (tertiary/aromatic N) is 3. The highest BCUT2D eigenvalue weighted by atomic mass is 16.4. The van der Waals surface area contributed by atoms with Gasteiger partial charge in [0.05, 0.1) is 5.71 Å². The summed E-state index contributed by atoms with van der Waals surface area (Å²) in [5.74, 6) is -0.482. The molecule has 2 rings (SSSR count). The summed E-state index contributed by atoms with van der Waals surface area (Å²) < 4.78 is 6.46. The van der Waals surface area contributed by atoms with Crippen molar-refractivity contribution in [3.63, 3.8) is 0 Å². The summed E-state index contributed by atoms with van der Waals surface area (Å²) in [6.07, 6.45) is 0. The fourth-order valence-electron chi connectivity index (χ4n) is 1.85. The number of hydrogen-bond acceptors (Lipinski definition) is 6. The third kappa shape index (κ3) is 3.05. The summed E-state index contributed by atoms with van der Waals surface area (Å²) in [7, 11) is 1.72. The summed E-state index contributed by atoms with van der Waals surface area (Å²) in [6, 6.07) is 2.91. The number of hydrazone groups is 1. The summed E-state index contributed by atoms with van der Waals surface area (Å²) in [5.41, 5.74) is 2.63. The molecule has 0 unspecified atom stereocenters. The number of aryl methyl sites for hydroxylation is 3. The Morgan fingerprint density at radius 1 is 1.41 bits per heavy atom. The molecule has 0 aliphatic carbocycles. The standard InChI is InChI=1S/C14H16N4O4/c1-7-5-10(17-18(7)4)13(20)16-15-9(3)12-11(19)6-8(2)22-14(12)21/h5-6,19H,1-4H3,(H,16,20)/b15-9-. The first-order valence-corrected chi connectivity index (χ1v) is 6.49. The minimum absolute atomic E-state index is 0.0944. The maximum absolute atomic E-state index is 11.9. The molecule has 0 bridgehead atoms. The number of aromatic hydroxyl groups is 1. The zero-order valence-corrected chi connectivity index (χ0v) is 12.7. The highest BCUT2D eigenvalue weighted by molar-refractivity contribution is 6.01. The molecule has 2 heterocycles. The summed E-state index contributed by atoms with van der Waals surface area (Å²) in [5, 5.41) is 17.6. The van der Waals surface area contributed by atoms with Crippen LogP contribution in [0.1, 0.15) is 34.4 Å². The lowest BCUT2D eigenvalue weighted by molar-refractivity contribution is 0.0949. The number of nitrogens with one attached hydrogen (secondary N) is 1. The molecule has 0 aromatic carbocycles. The SMILES string of the molecule is C/C(=N/NC(=O)c1cc(C)n(C)n1)c1c(O)cc(C)oc1=O. The maximum Gasteiger partial charge on any atom is 0.348 e. The van der Waals surface area contributed by atoms with Gasteiger partial charge in [-0.3, -0.25) is 9.48 Å². The Morgan fingerprint density at radius 3 is 2.64 bits per heavy atom. The van der Waals surface area contributed by atoms with Crippen LogP contribution in [0.2, 0.25) is 0 Å². The Kier molecular flexibility index (Phi) is 4.11. The normalized spacial score (nSPS) is 11.5. The molecular formula is C14H16N4O4. The molecule has 116 valence electrons. The molecule has 0 fully saturated rings. The van der Waals surface area contributed by atoms with Gasteiger partial charge < -0.3 is 9.52 Å². The topological polar surface area (TPSA) is 110 Å². The molecule has 8 nitrogen and oxygen atoms in total. The van der Waals surface area contributed by atoms with Crippen LogP contribution in [-0.4, -0.2) is 26.5 Å². The average molecular weight is 304 g/mol. The van der Waals surface area contributed by atoms with Gasteiger partial charge in [0.25, 0.3) is 5.91 Å². The molecule has 0 saturated heterocycles. The Labute approximate surface area is 126 Å². The van der Waals surface area contributed by atoms with Crippen molar-refractivity contribution in [2.45, 2.75) is 20.8 Å². The van der Waals surface area contributed by atoms with Crippen molar-refractivity contribution in [3.8, 4) is 5.75 Å². The largest absolute Gasteiger partial charge is 0.507 e.